The lowest BCUT2D eigenvalue weighted by Gasteiger charge is -2.32. The molecule has 5 amide bonds. The molecule has 2 unspecified atom stereocenters. The lowest BCUT2D eigenvalue weighted by Crippen LogP contribution is -2.91. The normalized spacial score (nSPS) is 21.6. The minimum atomic E-state index is -5.19. The van der Waals surface area contributed by atoms with Crippen molar-refractivity contribution in [3.05, 3.63) is 23.3 Å². The molecule has 0 aliphatic carbocycles. The molecule has 6 aliphatic rings. The van der Waals surface area contributed by atoms with Gasteiger partial charge >= 0.3 is 30.4 Å². The summed E-state index contributed by atoms with van der Waals surface area (Å²) in [6.07, 6.45) is 4.15. The number of imide groups is 2. The van der Waals surface area contributed by atoms with Gasteiger partial charge in [-0.15, -0.1) is 10.1 Å². The molecular weight excluding hydrogens is 1030 g/mol. The summed E-state index contributed by atoms with van der Waals surface area (Å²) in [5.74, 6) is -8.21. The standard InChI is InChI=1S/C23H32N2O7.C18H24N2O5.C3HCl2F3O.C2HF3O2/c1-23(2,3)31-22(30)24-15-7-6-8-16(17(24)12-11-15)18(26)9-4-5-10-21(29)32-25-19(27)13-14-20(25)28;21-15(13-5-3-4-12-8-9-14(13)19-12)6-1-2-7-18(24)25-20-16(22)10-11-17(20)23;4-2(5)1(9)3(6,7)8;3-2(4,5)1(6)7/h8,15,17H,4-7,9-14H2,1-3H3;5,12,14,19H,1-4,6-11H2;2H;(H,6,7)/t15-,17?;12-,14?;;/m00../s1. The topological polar surface area (TPSA) is 265 Å². The maximum absolute atomic E-state index is 12.9. The third kappa shape index (κ3) is 20.1. The fourth-order valence-corrected chi connectivity index (χ4v) is 8.65. The number of ketones is 3. The van der Waals surface area contributed by atoms with Gasteiger partial charge in [0.2, 0.25) is 0 Å². The molecule has 0 saturated carbocycles. The van der Waals surface area contributed by atoms with Crippen LogP contribution in [0.3, 0.4) is 0 Å². The minimum absolute atomic E-state index is 0.0128. The number of aliphatic carboxylic acids is 1. The lowest BCUT2D eigenvalue weighted by molar-refractivity contribution is -0.692. The molecule has 408 valence electrons. The summed E-state index contributed by atoms with van der Waals surface area (Å²) in [4.78, 5) is 135. The number of hydroxylamine groups is 4. The van der Waals surface area contributed by atoms with Crippen LogP contribution in [0, 0.1) is 0 Å². The van der Waals surface area contributed by atoms with Gasteiger partial charge in [0.05, 0.1) is 12.1 Å². The van der Waals surface area contributed by atoms with Crippen LogP contribution in [0.25, 0.3) is 0 Å². The van der Waals surface area contributed by atoms with Crippen molar-refractivity contribution in [2.24, 2.45) is 0 Å². The number of nitrogens with two attached hydrogens (primary N) is 1. The average Bonchev–Trinajstić information content (AvgIpc) is 4.00. The lowest BCUT2D eigenvalue weighted by atomic mass is 9.94. The average molecular weight is 1090 g/mol. The van der Waals surface area contributed by atoms with Crippen LogP contribution in [0.1, 0.15) is 149 Å². The van der Waals surface area contributed by atoms with Crippen LogP contribution in [0.5, 0.6) is 0 Å². The van der Waals surface area contributed by atoms with Gasteiger partial charge in [-0.2, -0.15) is 26.3 Å². The largest absolute Gasteiger partial charge is 0.542 e. The number of halogens is 8. The van der Waals surface area contributed by atoms with Gasteiger partial charge in [-0.1, -0.05) is 35.4 Å². The van der Waals surface area contributed by atoms with Crippen LogP contribution < -0.4 is 10.4 Å². The molecule has 0 aromatic rings. The summed E-state index contributed by atoms with van der Waals surface area (Å²) in [5.41, 5.74) is 1.01. The number of alkyl halides is 8. The van der Waals surface area contributed by atoms with Crippen molar-refractivity contribution in [1.82, 2.24) is 15.0 Å². The third-order valence-electron chi connectivity index (χ3n) is 11.8. The fourth-order valence-electron chi connectivity index (χ4n) is 8.40. The van der Waals surface area contributed by atoms with E-state index in [2.05, 4.69) is 34.6 Å². The van der Waals surface area contributed by atoms with Gasteiger partial charge in [-0.05, 0) is 78.6 Å². The zero-order chi connectivity index (χ0) is 55.0. The summed E-state index contributed by atoms with van der Waals surface area (Å²) in [5, 5.41) is 12.2. The van der Waals surface area contributed by atoms with Crippen LogP contribution in [0.15, 0.2) is 23.3 Å². The van der Waals surface area contributed by atoms with Crippen LogP contribution in [-0.2, 0) is 62.4 Å². The van der Waals surface area contributed by atoms with Gasteiger partial charge < -0.3 is 29.6 Å². The Hall–Kier alpha value is -5.43. The van der Waals surface area contributed by atoms with Crippen molar-refractivity contribution in [3.63, 3.8) is 0 Å². The van der Waals surface area contributed by atoms with E-state index in [4.69, 9.17) is 24.3 Å². The van der Waals surface area contributed by atoms with Gasteiger partial charge in [0.1, 0.15) is 17.6 Å². The molecule has 4 saturated heterocycles. The van der Waals surface area contributed by atoms with E-state index in [0.29, 0.717) is 59.9 Å². The molecule has 0 aromatic heterocycles. The number of fused-ring (bicyclic) bond motifs is 4. The van der Waals surface area contributed by atoms with Gasteiger partial charge in [0, 0.05) is 87.8 Å². The number of nitrogens with zero attached hydrogens (tertiary/aromatic N) is 3. The number of Topliss-reactive ketones (excluding diaryl/α,β-unsaturated/α-hetero) is 3. The monoisotopic (exact) mass is 1090 g/mol. The highest BCUT2D eigenvalue weighted by atomic mass is 35.5. The van der Waals surface area contributed by atoms with E-state index in [-0.39, 0.29) is 74.7 Å². The second-order valence-electron chi connectivity index (χ2n) is 18.5. The first-order chi connectivity index (χ1) is 33.9. The number of carboxylic acid groups (broad SMARTS) is 1. The number of allylic oxidation sites excluding steroid dienone is 2. The first kappa shape index (κ1) is 61.9. The molecule has 4 fully saturated rings. The van der Waals surface area contributed by atoms with Crippen LogP contribution in [0.2, 0.25) is 0 Å². The molecule has 0 aromatic carbocycles. The highest BCUT2D eigenvalue weighted by molar-refractivity contribution is 6.54. The molecule has 27 heteroatoms. The molecule has 6 heterocycles. The van der Waals surface area contributed by atoms with Crippen molar-refractivity contribution in [1.29, 1.82) is 0 Å². The quantitative estimate of drug-likeness (QED) is 0.0982. The smallest absolute Gasteiger partial charge is 0.452 e. The Morgan fingerprint density at radius 2 is 1.08 bits per heavy atom. The summed E-state index contributed by atoms with van der Waals surface area (Å²) < 4.78 is 70.7. The zero-order valence-corrected chi connectivity index (χ0v) is 41.8. The molecule has 2 N–H and O–H groups in total. The molecule has 6 aliphatic heterocycles. The number of rotatable bonds is 15. The first-order valence-corrected chi connectivity index (χ1v) is 24.4. The van der Waals surface area contributed by atoms with Crippen molar-refractivity contribution < 1.29 is 104 Å². The molecule has 6 rings (SSSR count). The highest BCUT2D eigenvalue weighted by Crippen LogP contribution is 2.37. The Kier molecular flexibility index (Phi) is 23.5. The summed E-state index contributed by atoms with van der Waals surface area (Å²) in [7, 11) is 0. The van der Waals surface area contributed by atoms with E-state index in [1.54, 1.807) is 4.90 Å². The number of hydrogen-bond acceptors (Lipinski definition) is 15. The number of quaternary nitrogens is 1. The van der Waals surface area contributed by atoms with E-state index in [0.717, 1.165) is 50.5 Å². The minimum Gasteiger partial charge on any atom is -0.542 e. The Morgan fingerprint density at radius 1 is 0.644 bits per heavy atom. The molecule has 0 spiro atoms. The SMILES string of the molecule is CC(C)(C)OC(=O)N1C2CC[C@@H]1CCC=C2C(=O)CCCCC(=O)ON1C(=O)CCC1=O.O=C(C(Cl)Cl)C(F)(F)F.O=C(CCCCC(=O)C1=CCC[C@H]2CCC1[NH2+]2)ON1C(=O)CCC1=O.O=C([O-])C(F)(F)F. The Morgan fingerprint density at radius 3 is 1.51 bits per heavy atom. The maximum Gasteiger partial charge on any atom is 0.452 e. The Labute approximate surface area is 425 Å². The summed E-state index contributed by atoms with van der Waals surface area (Å²) in [6, 6.07) is 0.804. The predicted octanol–water partition coefficient (Wildman–Crippen LogP) is 4.97. The van der Waals surface area contributed by atoms with Gasteiger partial charge in [0.25, 0.3) is 29.4 Å². The molecule has 4 atom stereocenters. The zero-order valence-electron chi connectivity index (χ0n) is 40.3. The Bertz CT molecular complexity index is 2130. The van der Waals surface area contributed by atoms with Crippen molar-refractivity contribution in [2.75, 3.05) is 0 Å². The third-order valence-corrected chi connectivity index (χ3v) is 12.2. The number of carbonyl (C=O) groups excluding carboxylic acids is 11. The van der Waals surface area contributed by atoms with Crippen LogP contribution >= 0.6 is 23.2 Å². The second-order valence-corrected chi connectivity index (χ2v) is 19.6. The van der Waals surface area contributed by atoms with Crippen molar-refractivity contribution in [3.8, 4) is 0 Å². The predicted molar refractivity (Wildman–Crippen MR) is 237 cm³/mol. The van der Waals surface area contributed by atoms with Gasteiger partial charge in [-0.25, -0.2) is 14.4 Å². The maximum atomic E-state index is 12.9. The number of carboxylic acids is 1. The molecule has 0 radical (unpaired) electrons. The first-order valence-electron chi connectivity index (χ1n) is 23.5. The molecule has 4 bridgehead atoms. The number of carbonyl (C=O) groups is 11. The van der Waals surface area contributed by atoms with Gasteiger partial charge in [0.15, 0.2) is 16.4 Å². The highest BCUT2D eigenvalue weighted by Gasteiger charge is 2.44. The number of unbranched alkanes of at least 4 members (excludes halogenated alkanes) is 2. The second kappa shape index (κ2) is 27.7. The molecule has 73 heavy (non-hydrogen) atoms. The fraction of sp³-hybridized carbons (Fsp3) is 0.674. The number of ether oxygens (including phenoxy) is 1. The summed E-state index contributed by atoms with van der Waals surface area (Å²) in [6.45, 7) is 5.48. The van der Waals surface area contributed by atoms with E-state index in [1.165, 1.54) is 6.42 Å². The molecule has 19 nitrogen and oxygen atoms in total. The summed E-state index contributed by atoms with van der Waals surface area (Å²) >= 11 is 9.22. The van der Waals surface area contributed by atoms with Crippen LogP contribution in [-0.4, -0.2) is 127 Å². The van der Waals surface area contributed by atoms with Crippen molar-refractivity contribution >= 4 is 88.2 Å². The number of amides is 5. The van der Waals surface area contributed by atoms with Crippen molar-refractivity contribution in [2.45, 2.75) is 196 Å². The van der Waals surface area contributed by atoms with E-state index in [1.807, 2.05) is 26.8 Å². The van der Waals surface area contributed by atoms with Crippen LogP contribution in [0.4, 0.5) is 31.1 Å². The van der Waals surface area contributed by atoms with Gasteiger partial charge in [-0.3, -0.25) is 38.5 Å². The Balaban J connectivity index is 0.000000301. The van der Waals surface area contributed by atoms with E-state index < -0.39 is 70.1 Å². The van der Waals surface area contributed by atoms with E-state index >= 15 is 0 Å². The molecular formula is C46H58Cl2F6N4O15. The van der Waals surface area contributed by atoms with E-state index in [9.17, 15) is 74.3 Å². The number of hydrogen-bond donors (Lipinski definition) is 1.